The average Bonchev–Trinajstić information content (AvgIpc) is 2.32. The molecule has 1 rings (SSSR count). The van der Waals surface area contributed by atoms with Gasteiger partial charge in [-0.15, -0.1) is 0 Å². The van der Waals surface area contributed by atoms with Crippen LogP contribution in [0.1, 0.15) is 52.4 Å². The molecule has 0 radical (unpaired) electrons. The van der Waals surface area contributed by atoms with Crippen LogP contribution < -0.4 is 5.32 Å². The molecule has 1 atom stereocenters. The lowest BCUT2D eigenvalue weighted by atomic mass is 9.91. The summed E-state index contributed by atoms with van der Waals surface area (Å²) in [4.78, 5) is 0. The first-order valence-electron chi connectivity index (χ1n) is 7.05. The highest BCUT2D eigenvalue weighted by atomic mass is 14.9. The summed E-state index contributed by atoms with van der Waals surface area (Å²) in [6.07, 6.45) is 14.3. The van der Waals surface area contributed by atoms with E-state index < -0.39 is 0 Å². The zero-order valence-corrected chi connectivity index (χ0v) is 11.5. The Morgan fingerprint density at radius 1 is 1.41 bits per heavy atom. The molecule has 1 N–H and O–H groups in total. The van der Waals surface area contributed by atoms with Gasteiger partial charge in [0.05, 0.1) is 0 Å². The van der Waals surface area contributed by atoms with E-state index in [1.54, 1.807) is 0 Å². The quantitative estimate of drug-likeness (QED) is 0.605. The van der Waals surface area contributed by atoms with Gasteiger partial charge >= 0.3 is 0 Å². The van der Waals surface area contributed by atoms with E-state index in [-0.39, 0.29) is 0 Å². The Balaban J connectivity index is 2.24. The molecule has 1 unspecified atom stereocenters. The second kappa shape index (κ2) is 8.16. The van der Waals surface area contributed by atoms with Crippen LogP contribution in [-0.2, 0) is 0 Å². The number of nitrogens with one attached hydrogen (secondary N) is 1. The van der Waals surface area contributed by atoms with Gasteiger partial charge in [-0.25, -0.2) is 0 Å². The van der Waals surface area contributed by atoms with Gasteiger partial charge in [-0.1, -0.05) is 51.5 Å². The number of allylic oxidation sites excluding steroid dienone is 4. The third-order valence-electron chi connectivity index (χ3n) is 3.25. The van der Waals surface area contributed by atoms with Gasteiger partial charge in [-0.3, -0.25) is 0 Å². The molecule has 0 aromatic rings. The van der Waals surface area contributed by atoms with E-state index in [0.29, 0.717) is 0 Å². The molecule has 0 aliphatic heterocycles. The number of unbranched alkanes of at least 4 members (excludes halogenated alkanes) is 1. The Morgan fingerprint density at radius 3 is 2.82 bits per heavy atom. The van der Waals surface area contributed by atoms with Crippen molar-refractivity contribution < 1.29 is 0 Å². The smallest absolute Gasteiger partial charge is 0.0143 e. The van der Waals surface area contributed by atoms with Gasteiger partial charge in [-0.2, -0.15) is 0 Å². The fourth-order valence-corrected chi connectivity index (χ4v) is 2.18. The Kier molecular flexibility index (Phi) is 6.76. The summed E-state index contributed by atoms with van der Waals surface area (Å²) in [7, 11) is 0. The first-order valence-corrected chi connectivity index (χ1v) is 7.05. The largest absolute Gasteiger partial charge is 0.389 e. The number of rotatable bonds is 8. The molecule has 0 spiro atoms. The molecule has 0 bridgehead atoms. The van der Waals surface area contributed by atoms with E-state index in [1.807, 2.05) is 0 Å². The van der Waals surface area contributed by atoms with Crippen molar-refractivity contribution in [2.24, 2.45) is 5.92 Å². The van der Waals surface area contributed by atoms with Crippen LogP contribution in [0.5, 0.6) is 0 Å². The molecule has 0 amide bonds. The number of hydrogen-bond acceptors (Lipinski definition) is 1. The molecular formula is C16H27N. The van der Waals surface area contributed by atoms with E-state index in [4.69, 9.17) is 0 Å². The third-order valence-corrected chi connectivity index (χ3v) is 3.25. The molecule has 0 aromatic carbocycles. The lowest BCUT2D eigenvalue weighted by Gasteiger charge is -2.16. The number of hydrogen-bond donors (Lipinski definition) is 1. The van der Waals surface area contributed by atoms with Crippen molar-refractivity contribution in [1.29, 1.82) is 0 Å². The molecule has 17 heavy (non-hydrogen) atoms. The molecule has 1 nitrogen and oxygen atoms in total. The summed E-state index contributed by atoms with van der Waals surface area (Å²) in [6, 6.07) is 0. The Bertz CT molecular complexity index is 286. The topological polar surface area (TPSA) is 12.0 Å². The van der Waals surface area contributed by atoms with Gasteiger partial charge in [-0.05, 0) is 30.8 Å². The highest BCUT2D eigenvalue weighted by Gasteiger charge is 2.08. The van der Waals surface area contributed by atoms with E-state index >= 15 is 0 Å². The molecule has 96 valence electrons. The lowest BCUT2D eigenvalue weighted by molar-refractivity contribution is 0.580. The highest BCUT2D eigenvalue weighted by molar-refractivity contribution is 5.27. The summed E-state index contributed by atoms with van der Waals surface area (Å²) in [5.74, 6) is 0.769. The van der Waals surface area contributed by atoms with Crippen LogP contribution in [-0.4, -0.2) is 6.54 Å². The second-order valence-electron chi connectivity index (χ2n) is 4.98. The summed E-state index contributed by atoms with van der Waals surface area (Å²) in [5.41, 5.74) is 2.58. The van der Waals surface area contributed by atoms with Crippen molar-refractivity contribution in [2.45, 2.75) is 52.4 Å². The van der Waals surface area contributed by atoms with Gasteiger partial charge in [0, 0.05) is 18.7 Å². The van der Waals surface area contributed by atoms with Gasteiger partial charge in [0.15, 0.2) is 0 Å². The van der Waals surface area contributed by atoms with Crippen molar-refractivity contribution in [2.75, 3.05) is 6.54 Å². The van der Waals surface area contributed by atoms with Crippen molar-refractivity contribution in [3.63, 3.8) is 0 Å². The third kappa shape index (κ3) is 5.76. The van der Waals surface area contributed by atoms with Crippen LogP contribution >= 0.6 is 0 Å². The van der Waals surface area contributed by atoms with E-state index in [0.717, 1.165) is 24.6 Å². The van der Waals surface area contributed by atoms with Crippen molar-refractivity contribution in [3.05, 3.63) is 36.1 Å². The standard InChI is InChI=1S/C16H27N/c1-4-6-12-17-14(3)13-16-10-8-15(7-5-2)9-11-16/h8,10-11,15,17H,3-7,9,12-13H2,1-2H3. The predicted octanol–water partition coefficient (Wildman–Crippen LogP) is 4.58. The molecule has 0 saturated carbocycles. The van der Waals surface area contributed by atoms with Crippen LogP contribution in [0.25, 0.3) is 0 Å². The summed E-state index contributed by atoms with van der Waals surface area (Å²) in [5, 5.41) is 3.40. The van der Waals surface area contributed by atoms with E-state index in [2.05, 4.69) is 44.0 Å². The Morgan fingerprint density at radius 2 is 2.24 bits per heavy atom. The minimum Gasteiger partial charge on any atom is -0.389 e. The lowest BCUT2D eigenvalue weighted by Crippen LogP contribution is -2.14. The minimum atomic E-state index is 0.769. The van der Waals surface area contributed by atoms with Crippen LogP contribution in [0.15, 0.2) is 36.1 Å². The highest BCUT2D eigenvalue weighted by Crippen LogP contribution is 2.23. The van der Waals surface area contributed by atoms with Crippen LogP contribution in [0.4, 0.5) is 0 Å². The average molecular weight is 233 g/mol. The molecule has 1 aliphatic carbocycles. The van der Waals surface area contributed by atoms with E-state index in [1.165, 1.54) is 37.7 Å². The summed E-state index contributed by atoms with van der Waals surface area (Å²) >= 11 is 0. The maximum atomic E-state index is 4.09. The maximum absolute atomic E-state index is 4.09. The predicted molar refractivity (Wildman–Crippen MR) is 76.9 cm³/mol. The summed E-state index contributed by atoms with van der Waals surface area (Å²) < 4.78 is 0. The van der Waals surface area contributed by atoms with Gasteiger partial charge < -0.3 is 5.32 Å². The van der Waals surface area contributed by atoms with Crippen LogP contribution in [0, 0.1) is 5.92 Å². The van der Waals surface area contributed by atoms with Crippen LogP contribution in [0.3, 0.4) is 0 Å². The molecule has 1 aliphatic rings. The molecule has 0 aromatic heterocycles. The molecule has 0 saturated heterocycles. The fraction of sp³-hybridized carbons (Fsp3) is 0.625. The first kappa shape index (κ1) is 14.1. The normalized spacial score (nSPS) is 18.9. The molecular weight excluding hydrogens is 206 g/mol. The molecule has 0 fully saturated rings. The van der Waals surface area contributed by atoms with E-state index in [9.17, 15) is 0 Å². The molecule has 1 heteroatoms. The van der Waals surface area contributed by atoms with Gasteiger partial charge in [0.25, 0.3) is 0 Å². The van der Waals surface area contributed by atoms with Crippen molar-refractivity contribution in [1.82, 2.24) is 5.32 Å². The first-order chi connectivity index (χ1) is 8.26. The van der Waals surface area contributed by atoms with Gasteiger partial charge in [0.2, 0.25) is 0 Å². The zero-order valence-electron chi connectivity index (χ0n) is 11.5. The minimum absolute atomic E-state index is 0.769. The second-order valence-corrected chi connectivity index (χ2v) is 4.98. The fourth-order valence-electron chi connectivity index (χ4n) is 2.18. The van der Waals surface area contributed by atoms with Gasteiger partial charge in [0.1, 0.15) is 0 Å². The summed E-state index contributed by atoms with van der Waals surface area (Å²) in [6.45, 7) is 9.62. The molecule has 0 heterocycles. The van der Waals surface area contributed by atoms with Crippen molar-refractivity contribution in [3.8, 4) is 0 Å². The Labute approximate surface area is 107 Å². The zero-order chi connectivity index (χ0) is 12.5. The van der Waals surface area contributed by atoms with Crippen molar-refractivity contribution >= 4 is 0 Å². The Hall–Kier alpha value is -0.980. The monoisotopic (exact) mass is 233 g/mol. The maximum Gasteiger partial charge on any atom is 0.0143 e. The SMILES string of the molecule is C=C(CC1=CCC(CCC)C=C1)NCCCC. The van der Waals surface area contributed by atoms with Crippen LogP contribution in [0.2, 0.25) is 0 Å².